The predicted molar refractivity (Wildman–Crippen MR) is 118 cm³/mol. The third-order valence-corrected chi connectivity index (χ3v) is 8.25. The van der Waals surface area contributed by atoms with Gasteiger partial charge in [0.1, 0.15) is 0 Å². The zero-order valence-corrected chi connectivity index (χ0v) is 20.0. The fourth-order valence-electron chi connectivity index (χ4n) is 4.89. The van der Waals surface area contributed by atoms with Crippen molar-refractivity contribution in [1.82, 2.24) is 14.5 Å². The van der Waals surface area contributed by atoms with E-state index < -0.39 is 15.5 Å². The standard InChI is InChI=1S/C18H31F3N4O2S.HI/c1-22-16(24-12-9-17(14-24)7-3-2-4-8-17)23-13-15-5-10-25(11-6-15)28(26,27)18(19,20)21;/h15H,2-14H2,1H3,(H,22,23);1H. The van der Waals surface area contributed by atoms with Crippen LogP contribution in [0.4, 0.5) is 13.2 Å². The summed E-state index contributed by atoms with van der Waals surface area (Å²) in [6.45, 7) is 2.45. The molecule has 0 aromatic rings. The van der Waals surface area contributed by atoms with Gasteiger partial charge >= 0.3 is 15.5 Å². The molecule has 2 heterocycles. The molecule has 6 nitrogen and oxygen atoms in total. The van der Waals surface area contributed by atoms with Crippen molar-refractivity contribution in [2.75, 3.05) is 39.8 Å². The number of nitrogens with zero attached hydrogens (tertiary/aromatic N) is 3. The topological polar surface area (TPSA) is 65.0 Å². The van der Waals surface area contributed by atoms with Crippen molar-refractivity contribution in [2.45, 2.75) is 56.9 Å². The first-order chi connectivity index (χ1) is 13.2. The van der Waals surface area contributed by atoms with Gasteiger partial charge in [0.05, 0.1) is 0 Å². The number of rotatable bonds is 3. The van der Waals surface area contributed by atoms with Crippen LogP contribution in [0.1, 0.15) is 51.4 Å². The number of sulfonamides is 1. The number of hydrogen-bond acceptors (Lipinski definition) is 3. The van der Waals surface area contributed by atoms with Crippen molar-refractivity contribution >= 4 is 40.0 Å². The SMILES string of the molecule is CN=C(NCC1CCN(S(=O)(=O)C(F)(F)F)CC1)N1CCC2(CCCCC2)C1.I. The molecule has 0 atom stereocenters. The monoisotopic (exact) mass is 552 g/mol. The van der Waals surface area contributed by atoms with Crippen LogP contribution in [0.25, 0.3) is 0 Å². The van der Waals surface area contributed by atoms with Crippen LogP contribution in [0.2, 0.25) is 0 Å². The maximum Gasteiger partial charge on any atom is 0.511 e. The van der Waals surface area contributed by atoms with Crippen LogP contribution in [0, 0.1) is 11.3 Å². The fraction of sp³-hybridized carbons (Fsp3) is 0.944. The molecule has 0 aromatic heterocycles. The smallest absolute Gasteiger partial charge is 0.356 e. The van der Waals surface area contributed by atoms with Gasteiger partial charge in [0.25, 0.3) is 0 Å². The summed E-state index contributed by atoms with van der Waals surface area (Å²) in [6.07, 6.45) is 8.54. The molecular weight excluding hydrogens is 520 g/mol. The van der Waals surface area contributed by atoms with Gasteiger partial charge in [-0.15, -0.1) is 24.0 Å². The van der Waals surface area contributed by atoms with E-state index in [2.05, 4.69) is 15.2 Å². The second-order valence-electron chi connectivity index (χ2n) is 8.45. The lowest BCUT2D eigenvalue weighted by molar-refractivity contribution is -0.0496. The van der Waals surface area contributed by atoms with E-state index in [1.807, 2.05) is 0 Å². The lowest BCUT2D eigenvalue weighted by Crippen LogP contribution is -2.47. The van der Waals surface area contributed by atoms with Gasteiger partial charge in [-0.25, -0.2) is 8.42 Å². The molecule has 0 radical (unpaired) electrons. The molecule has 1 aliphatic carbocycles. The second-order valence-corrected chi connectivity index (χ2v) is 10.4. The van der Waals surface area contributed by atoms with Crippen LogP contribution in [0.5, 0.6) is 0 Å². The maximum absolute atomic E-state index is 12.7. The predicted octanol–water partition coefficient (Wildman–Crippen LogP) is 3.40. The molecule has 3 rings (SSSR count). The van der Waals surface area contributed by atoms with Crippen molar-refractivity contribution < 1.29 is 21.6 Å². The maximum atomic E-state index is 12.7. The molecule has 1 saturated carbocycles. The Labute approximate surface area is 188 Å². The van der Waals surface area contributed by atoms with Gasteiger partial charge in [-0.1, -0.05) is 19.3 Å². The molecule has 3 fully saturated rings. The summed E-state index contributed by atoms with van der Waals surface area (Å²) in [5.41, 5.74) is -4.79. The largest absolute Gasteiger partial charge is 0.511 e. The van der Waals surface area contributed by atoms with E-state index in [-0.39, 0.29) is 43.0 Å². The Morgan fingerprint density at radius 2 is 1.72 bits per heavy atom. The van der Waals surface area contributed by atoms with E-state index in [1.165, 1.54) is 38.5 Å². The van der Waals surface area contributed by atoms with Gasteiger partial charge in [-0.05, 0) is 43.4 Å². The zero-order valence-electron chi connectivity index (χ0n) is 16.9. The van der Waals surface area contributed by atoms with E-state index in [0.29, 0.717) is 29.1 Å². The van der Waals surface area contributed by atoms with Crippen LogP contribution < -0.4 is 5.32 Å². The number of nitrogens with one attached hydrogen (secondary N) is 1. The number of likely N-dealkylation sites (tertiary alicyclic amines) is 1. The Morgan fingerprint density at radius 1 is 1.10 bits per heavy atom. The van der Waals surface area contributed by atoms with E-state index in [4.69, 9.17) is 0 Å². The van der Waals surface area contributed by atoms with Gasteiger partial charge in [0.15, 0.2) is 5.96 Å². The Kier molecular flexibility index (Phi) is 8.51. The normalized spacial score (nSPS) is 24.6. The molecule has 1 N–H and O–H groups in total. The quantitative estimate of drug-likeness (QED) is 0.331. The molecule has 11 heteroatoms. The van der Waals surface area contributed by atoms with Crippen LogP contribution >= 0.6 is 24.0 Å². The number of aliphatic imine (C=N–C) groups is 1. The molecule has 170 valence electrons. The van der Waals surface area contributed by atoms with Crippen LogP contribution in [-0.4, -0.2) is 68.9 Å². The molecule has 0 amide bonds. The first kappa shape index (κ1) is 25.0. The number of hydrogen-bond donors (Lipinski definition) is 1. The third-order valence-electron chi connectivity index (χ3n) is 6.62. The van der Waals surface area contributed by atoms with Crippen LogP contribution in [0.3, 0.4) is 0 Å². The van der Waals surface area contributed by atoms with Crippen molar-refractivity contribution in [1.29, 1.82) is 0 Å². The Morgan fingerprint density at radius 3 is 2.28 bits per heavy atom. The van der Waals surface area contributed by atoms with E-state index >= 15 is 0 Å². The fourth-order valence-corrected chi connectivity index (χ4v) is 5.88. The summed E-state index contributed by atoms with van der Waals surface area (Å²) in [6, 6.07) is 0. The molecule has 29 heavy (non-hydrogen) atoms. The highest BCUT2D eigenvalue weighted by Gasteiger charge is 2.50. The highest BCUT2D eigenvalue weighted by molar-refractivity contribution is 14.0. The summed E-state index contributed by atoms with van der Waals surface area (Å²) in [7, 11) is -3.45. The Balaban J connectivity index is 0.00000300. The molecular formula is C18H32F3IN4O2S. The molecule has 0 unspecified atom stereocenters. The summed E-state index contributed by atoms with van der Waals surface area (Å²) < 4.78 is 61.6. The van der Waals surface area contributed by atoms with Gasteiger partial charge in [-0.3, -0.25) is 4.99 Å². The zero-order chi connectivity index (χ0) is 20.4. The molecule has 1 spiro atoms. The summed E-state index contributed by atoms with van der Waals surface area (Å²) in [5.74, 6) is 0.996. The highest BCUT2D eigenvalue weighted by atomic mass is 127. The van der Waals surface area contributed by atoms with Crippen LogP contribution in [-0.2, 0) is 10.0 Å². The van der Waals surface area contributed by atoms with E-state index in [0.717, 1.165) is 19.0 Å². The van der Waals surface area contributed by atoms with Crippen molar-refractivity contribution in [2.24, 2.45) is 16.3 Å². The number of piperidine rings is 1. The first-order valence-corrected chi connectivity index (χ1v) is 11.6. The minimum Gasteiger partial charge on any atom is -0.356 e. The minimum absolute atomic E-state index is 0. The molecule has 3 aliphatic rings. The molecule has 2 aliphatic heterocycles. The average molecular weight is 552 g/mol. The lowest BCUT2D eigenvalue weighted by atomic mass is 9.73. The average Bonchev–Trinajstić information content (AvgIpc) is 3.05. The van der Waals surface area contributed by atoms with Gasteiger partial charge in [-0.2, -0.15) is 17.5 Å². The van der Waals surface area contributed by atoms with Gasteiger partial charge < -0.3 is 10.2 Å². The Bertz CT molecular complexity index is 673. The van der Waals surface area contributed by atoms with Crippen LogP contribution in [0.15, 0.2) is 4.99 Å². The number of alkyl halides is 3. The Hall–Kier alpha value is -0.300. The summed E-state index contributed by atoms with van der Waals surface area (Å²) >= 11 is 0. The summed E-state index contributed by atoms with van der Waals surface area (Å²) in [4.78, 5) is 6.70. The molecule has 0 bridgehead atoms. The first-order valence-electron chi connectivity index (χ1n) is 10.2. The third kappa shape index (κ3) is 5.69. The van der Waals surface area contributed by atoms with Crippen molar-refractivity contribution in [3.8, 4) is 0 Å². The van der Waals surface area contributed by atoms with Crippen molar-refractivity contribution in [3.05, 3.63) is 0 Å². The minimum atomic E-state index is -5.22. The second kappa shape index (κ2) is 9.88. The summed E-state index contributed by atoms with van der Waals surface area (Å²) in [5, 5.41) is 3.37. The van der Waals surface area contributed by atoms with Gasteiger partial charge in [0, 0.05) is 39.8 Å². The number of halogens is 4. The highest BCUT2D eigenvalue weighted by Crippen LogP contribution is 2.43. The van der Waals surface area contributed by atoms with E-state index in [9.17, 15) is 21.6 Å². The van der Waals surface area contributed by atoms with E-state index in [1.54, 1.807) is 7.05 Å². The van der Waals surface area contributed by atoms with Gasteiger partial charge in [0.2, 0.25) is 0 Å². The lowest BCUT2D eigenvalue weighted by Gasteiger charge is -2.34. The number of guanidine groups is 1. The molecule has 0 aromatic carbocycles. The van der Waals surface area contributed by atoms with Crippen molar-refractivity contribution in [3.63, 3.8) is 0 Å². The molecule has 2 saturated heterocycles.